The van der Waals surface area contributed by atoms with E-state index in [0.29, 0.717) is 13.0 Å². The van der Waals surface area contributed by atoms with Crippen LogP contribution in [0.4, 0.5) is 0 Å². The number of esters is 2. The number of carbonyl (C=O) groups is 2. The van der Waals surface area contributed by atoms with Gasteiger partial charge >= 0.3 is 11.9 Å². The van der Waals surface area contributed by atoms with Gasteiger partial charge in [-0.15, -0.1) is 0 Å². The average molecular weight is 172 g/mol. The molecule has 0 atom stereocenters. The Kier molecular flexibility index (Phi) is 5.69. The average Bonchev–Trinajstić information content (AvgIpc) is 2.40. The second kappa shape index (κ2) is 6.39. The summed E-state index contributed by atoms with van der Waals surface area (Å²) in [5.74, 6) is -0.368. The highest BCUT2D eigenvalue weighted by atomic mass is 16.5. The first-order chi connectivity index (χ1) is 5.66. The van der Waals surface area contributed by atoms with Crippen LogP contribution >= 0.6 is 0 Å². The number of hydrogen-bond acceptors (Lipinski definition) is 4. The minimum absolute atomic E-state index is 0.157. The minimum Gasteiger partial charge on any atom is -0.466 e. The van der Waals surface area contributed by atoms with Gasteiger partial charge in [0.15, 0.2) is 0 Å². The third-order valence-electron chi connectivity index (χ3n) is 0.928. The Hall–Kier alpha value is -1.32. The molecule has 68 valence electrons. The number of carbonyl (C=O) groups excluding carboxylic acids is 2. The van der Waals surface area contributed by atoms with Gasteiger partial charge < -0.3 is 9.47 Å². The second-order valence-corrected chi connectivity index (χ2v) is 1.99. The van der Waals surface area contributed by atoms with E-state index in [1.54, 1.807) is 13.0 Å². The molecule has 1 aliphatic rings. The molecule has 4 nitrogen and oxygen atoms in total. The van der Waals surface area contributed by atoms with Gasteiger partial charge in [-0.1, -0.05) is 0 Å². The van der Waals surface area contributed by atoms with Crippen molar-refractivity contribution in [2.45, 2.75) is 20.3 Å². The molecule has 1 rings (SSSR count). The fourth-order valence-corrected chi connectivity index (χ4v) is 0.520. The standard InChI is InChI=1S/C4H4O2.C4H8O2/c5-4-2-1-3-6-4;1-3-6-4(2)5/h1,3H,2H2;3H2,1-2H3. The molecule has 0 saturated heterocycles. The van der Waals surface area contributed by atoms with E-state index < -0.39 is 0 Å². The summed E-state index contributed by atoms with van der Waals surface area (Å²) < 4.78 is 8.74. The molecule has 1 aliphatic heterocycles. The Morgan fingerprint density at radius 1 is 1.75 bits per heavy atom. The van der Waals surface area contributed by atoms with Crippen molar-refractivity contribution in [3.05, 3.63) is 12.3 Å². The maximum absolute atomic E-state index is 9.96. The van der Waals surface area contributed by atoms with Crippen molar-refractivity contribution >= 4 is 11.9 Å². The zero-order valence-corrected chi connectivity index (χ0v) is 7.20. The first-order valence-corrected chi connectivity index (χ1v) is 3.64. The Morgan fingerprint density at radius 3 is 2.50 bits per heavy atom. The molecule has 0 spiro atoms. The van der Waals surface area contributed by atoms with Gasteiger partial charge in [-0.25, -0.2) is 0 Å². The maximum atomic E-state index is 9.96. The summed E-state index contributed by atoms with van der Waals surface area (Å²) in [7, 11) is 0. The Bertz CT molecular complexity index is 173. The van der Waals surface area contributed by atoms with Crippen LogP contribution in [-0.2, 0) is 19.1 Å². The maximum Gasteiger partial charge on any atom is 0.314 e. The smallest absolute Gasteiger partial charge is 0.314 e. The van der Waals surface area contributed by atoms with Crippen molar-refractivity contribution in [1.29, 1.82) is 0 Å². The summed E-state index contributed by atoms with van der Waals surface area (Å²) in [6, 6.07) is 0. The van der Waals surface area contributed by atoms with Crippen molar-refractivity contribution in [1.82, 2.24) is 0 Å². The predicted octanol–water partition coefficient (Wildman–Crippen LogP) is 1.02. The molecule has 1 heterocycles. The summed E-state index contributed by atoms with van der Waals surface area (Å²) in [6.07, 6.45) is 3.53. The highest BCUT2D eigenvalue weighted by Gasteiger charge is 2.00. The van der Waals surface area contributed by atoms with Crippen LogP contribution in [0, 0.1) is 0 Å². The van der Waals surface area contributed by atoms with E-state index in [-0.39, 0.29) is 11.9 Å². The number of rotatable bonds is 1. The molecule has 0 aromatic heterocycles. The Labute approximate surface area is 71.2 Å². The van der Waals surface area contributed by atoms with Gasteiger partial charge in [0.1, 0.15) is 0 Å². The molecule has 0 unspecified atom stereocenters. The number of ether oxygens (including phenoxy) is 2. The summed E-state index contributed by atoms with van der Waals surface area (Å²) in [6.45, 7) is 3.65. The molecule has 12 heavy (non-hydrogen) atoms. The van der Waals surface area contributed by atoms with E-state index in [4.69, 9.17) is 0 Å². The molecule has 0 N–H and O–H groups in total. The highest BCUT2D eigenvalue weighted by molar-refractivity contribution is 5.73. The highest BCUT2D eigenvalue weighted by Crippen LogP contribution is 1.96. The van der Waals surface area contributed by atoms with Crippen LogP contribution < -0.4 is 0 Å². The fraction of sp³-hybridized carbons (Fsp3) is 0.500. The van der Waals surface area contributed by atoms with Gasteiger partial charge in [0.25, 0.3) is 0 Å². The Balaban J connectivity index is 0.000000202. The lowest BCUT2D eigenvalue weighted by molar-refractivity contribution is -0.140. The van der Waals surface area contributed by atoms with Crippen LogP contribution in [-0.4, -0.2) is 18.5 Å². The molecule has 0 aliphatic carbocycles. The lowest BCUT2D eigenvalue weighted by Crippen LogP contribution is -1.95. The largest absolute Gasteiger partial charge is 0.466 e. The zero-order chi connectivity index (χ0) is 9.40. The van der Waals surface area contributed by atoms with E-state index >= 15 is 0 Å². The molecule has 0 saturated carbocycles. The molecule has 0 bridgehead atoms. The van der Waals surface area contributed by atoms with Crippen molar-refractivity contribution in [2.75, 3.05) is 6.61 Å². The third kappa shape index (κ3) is 6.80. The van der Waals surface area contributed by atoms with Crippen LogP contribution in [0.2, 0.25) is 0 Å². The lowest BCUT2D eigenvalue weighted by Gasteiger charge is -1.89. The monoisotopic (exact) mass is 172 g/mol. The molecule has 0 fully saturated rings. The molecule has 0 amide bonds. The quantitative estimate of drug-likeness (QED) is 0.554. The summed E-state index contributed by atoms with van der Waals surface area (Å²) in [5.41, 5.74) is 0. The predicted molar refractivity (Wildman–Crippen MR) is 42.2 cm³/mol. The van der Waals surface area contributed by atoms with Gasteiger partial charge in [-0.2, -0.15) is 0 Å². The summed E-state index contributed by atoms with van der Waals surface area (Å²) in [5, 5.41) is 0. The van der Waals surface area contributed by atoms with Crippen LogP contribution in [0.15, 0.2) is 12.3 Å². The molecule has 0 aromatic carbocycles. The van der Waals surface area contributed by atoms with E-state index in [1.807, 2.05) is 0 Å². The first-order valence-electron chi connectivity index (χ1n) is 3.64. The van der Waals surface area contributed by atoms with Crippen molar-refractivity contribution in [3.8, 4) is 0 Å². The van der Waals surface area contributed by atoms with Gasteiger partial charge in [0.2, 0.25) is 0 Å². The van der Waals surface area contributed by atoms with E-state index in [1.165, 1.54) is 13.2 Å². The first kappa shape index (κ1) is 10.7. The van der Waals surface area contributed by atoms with Gasteiger partial charge in [-0.3, -0.25) is 9.59 Å². The molecular weight excluding hydrogens is 160 g/mol. The van der Waals surface area contributed by atoms with Crippen molar-refractivity contribution in [2.24, 2.45) is 0 Å². The SMILES string of the molecule is CCOC(C)=O.O=C1CC=CO1. The molecule has 0 aromatic rings. The molecule has 0 radical (unpaired) electrons. The van der Waals surface area contributed by atoms with Crippen molar-refractivity contribution in [3.63, 3.8) is 0 Å². The zero-order valence-electron chi connectivity index (χ0n) is 7.20. The molecule has 4 heteroatoms. The van der Waals surface area contributed by atoms with Gasteiger partial charge in [-0.05, 0) is 13.0 Å². The lowest BCUT2D eigenvalue weighted by atomic mass is 10.5. The van der Waals surface area contributed by atoms with Gasteiger partial charge in [0, 0.05) is 6.92 Å². The second-order valence-electron chi connectivity index (χ2n) is 1.99. The van der Waals surface area contributed by atoms with Crippen LogP contribution in [0.25, 0.3) is 0 Å². The minimum atomic E-state index is -0.211. The summed E-state index contributed by atoms with van der Waals surface area (Å²) >= 11 is 0. The van der Waals surface area contributed by atoms with E-state index in [9.17, 15) is 9.59 Å². The van der Waals surface area contributed by atoms with Crippen LogP contribution in [0.3, 0.4) is 0 Å². The van der Waals surface area contributed by atoms with Crippen LogP contribution in [0.1, 0.15) is 20.3 Å². The van der Waals surface area contributed by atoms with Crippen LogP contribution in [0.5, 0.6) is 0 Å². The fourth-order valence-electron chi connectivity index (χ4n) is 0.520. The van der Waals surface area contributed by atoms with E-state index in [2.05, 4.69) is 9.47 Å². The van der Waals surface area contributed by atoms with Gasteiger partial charge in [0.05, 0.1) is 19.3 Å². The Morgan fingerprint density at radius 2 is 2.42 bits per heavy atom. The normalized spacial score (nSPS) is 13.0. The third-order valence-corrected chi connectivity index (χ3v) is 0.928. The summed E-state index contributed by atoms with van der Waals surface area (Å²) in [4.78, 5) is 19.8. The topological polar surface area (TPSA) is 52.6 Å². The van der Waals surface area contributed by atoms with Crippen molar-refractivity contribution < 1.29 is 19.1 Å². The number of cyclic esters (lactones) is 1. The number of hydrogen-bond donors (Lipinski definition) is 0. The van der Waals surface area contributed by atoms with E-state index in [0.717, 1.165) is 0 Å². The molecular formula is C8H12O4.